The summed E-state index contributed by atoms with van der Waals surface area (Å²) in [6, 6.07) is 0. The lowest BCUT2D eigenvalue weighted by Gasteiger charge is -2.31. The Bertz CT molecular complexity index is 691. The van der Waals surface area contributed by atoms with Gasteiger partial charge in [-0.3, -0.25) is 5.10 Å². The van der Waals surface area contributed by atoms with Crippen molar-refractivity contribution in [3.8, 4) is 0 Å². The van der Waals surface area contributed by atoms with Crippen LogP contribution in [0.2, 0.25) is 0 Å². The van der Waals surface area contributed by atoms with E-state index >= 15 is 0 Å². The maximum Gasteiger partial charge on any atom is 0.434 e. The van der Waals surface area contributed by atoms with Crippen molar-refractivity contribution in [3.63, 3.8) is 0 Å². The molecule has 1 atom stereocenters. The quantitative estimate of drug-likeness (QED) is 0.926. The van der Waals surface area contributed by atoms with E-state index in [9.17, 15) is 13.2 Å². The lowest BCUT2D eigenvalue weighted by Crippen LogP contribution is -2.34. The topological polar surface area (TPSA) is 57.7 Å². The predicted molar refractivity (Wildman–Crippen MR) is 79.7 cm³/mol. The van der Waals surface area contributed by atoms with Gasteiger partial charge in [-0.25, -0.2) is 9.97 Å². The maximum atomic E-state index is 12.7. The van der Waals surface area contributed by atoms with Crippen molar-refractivity contribution in [2.75, 3.05) is 18.0 Å². The van der Waals surface area contributed by atoms with Crippen LogP contribution in [0.1, 0.15) is 54.9 Å². The van der Waals surface area contributed by atoms with Crippen LogP contribution in [0.25, 0.3) is 0 Å². The van der Waals surface area contributed by atoms with Gasteiger partial charge in [0.25, 0.3) is 0 Å². The lowest BCUT2D eigenvalue weighted by atomic mass is 9.98. The number of alkyl halides is 3. The van der Waals surface area contributed by atoms with Gasteiger partial charge in [-0.15, -0.1) is 11.3 Å². The lowest BCUT2D eigenvalue weighted by molar-refractivity contribution is -0.140. The Kier molecular flexibility index (Phi) is 3.55. The van der Waals surface area contributed by atoms with Gasteiger partial charge in [0.1, 0.15) is 5.82 Å². The number of nitrogens with zero attached hydrogens (tertiary/aromatic N) is 4. The van der Waals surface area contributed by atoms with E-state index < -0.39 is 11.9 Å². The molecule has 23 heavy (non-hydrogen) atoms. The molecule has 1 unspecified atom stereocenters. The van der Waals surface area contributed by atoms with Crippen LogP contribution < -0.4 is 4.90 Å². The fraction of sp³-hybridized carbons (Fsp3) is 0.643. The fourth-order valence-corrected chi connectivity index (χ4v) is 3.78. The highest BCUT2D eigenvalue weighted by atomic mass is 32.1. The van der Waals surface area contributed by atoms with Crippen molar-refractivity contribution < 1.29 is 13.2 Å². The molecular formula is C14H16F3N5S. The molecule has 2 fully saturated rings. The molecule has 2 aromatic heterocycles. The summed E-state index contributed by atoms with van der Waals surface area (Å²) in [5.41, 5.74) is -0.812. The zero-order valence-electron chi connectivity index (χ0n) is 12.3. The summed E-state index contributed by atoms with van der Waals surface area (Å²) in [5, 5.41) is 8.83. The van der Waals surface area contributed by atoms with Crippen LogP contribution in [0.4, 0.5) is 18.3 Å². The molecule has 124 valence electrons. The van der Waals surface area contributed by atoms with Gasteiger partial charge >= 0.3 is 6.18 Å². The number of hydrogen-bond acceptors (Lipinski definition) is 5. The van der Waals surface area contributed by atoms with Crippen LogP contribution in [-0.2, 0) is 6.18 Å². The Labute approximate surface area is 134 Å². The number of anilines is 1. The molecule has 1 aliphatic heterocycles. The van der Waals surface area contributed by atoms with E-state index in [0.717, 1.165) is 60.6 Å². The van der Waals surface area contributed by atoms with Crippen LogP contribution in [-0.4, -0.2) is 33.3 Å². The molecule has 0 aromatic carbocycles. The van der Waals surface area contributed by atoms with Crippen LogP contribution in [0, 0.1) is 0 Å². The number of aromatic nitrogens is 4. The number of nitrogens with one attached hydrogen (secondary N) is 1. The van der Waals surface area contributed by atoms with E-state index in [0.29, 0.717) is 17.6 Å². The van der Waals surface area contributed by atoms with Crippen LogP contribution in [0.3, 0.4) is 0 Å². The van der Waals surface area contributed by atoms with Crippen molar-refractivity contribution in [1.82, 2.24) is 20.2 Å². The number of H-pyrrole nitrogens is 1. The molecule has 0 radical (unpaired) electrons. The summed E-state index contributed by atoms with van der Waals surface area (Å²) in [4.78, 5) is 10.2. The molecule has 0 amide bonds. The molecule has 9 heteroatoms. The standard InChI is InChI=1S/C14H16F3N5S/c15-14(16,17)10-7-23-13(18-10)22-5-1-2-9(6-22)12-19-11(20-21-12)8-3-4-8/h7-9H,1-6H2,(H,19,20,21). The minimum absolute atomic E-state index is 0.144. The van der Waals surface area contributed by atoms with E-state index in [1.165, 1.54) is 0 Å². The van der Waals surface area contributed by atoms with Gasteiger partial charge in [-0.05, 0) is 25.7 Å². The third-order valence-electron chi connectivity index (χ3n) is 4.32. The van der Waals surface area contributed by atoms with Gasteiger partial charge in [0.05, 0.1) is 0 Å². The summed E-state index contributed by atoms with van der Waals surface area (Å²) in [6.07, 6.45) is -0.211. The SMILES string of the molecule is FC(F)(F)c1csc(N2CCCC(c3n[nH]c(C4CC4)n3)C2)n1. The van der Waals surface area contributed by atoms with Crippen LogP contribution in [0.15, 0.2) is 5.38 Å². The Hall–Kier alpha value is -1.64. The number of halogens is 3. The highest BCUT2D eigenvalue weighted by Crippen LogP contribution is 2.39. The summed E-state index contributed by atoms with van der Waals surface area (Å²) in [6.45, 7) is 1.34. The summed E-state index contributed by atoms with van der Waals surface area (Å²) in [5.74, 6) is 2.39. The predicted octanol–water partition coefficient (Wildman–Crippen LogP) is 3.54. The molecule has 0 spiro atoms. The van der Waals surface area contributed by atoms with Gasteiger partial charge in [0, 0.05) is 30.3 Å². The average Bonchev–Trinajstić information content (AvgIpc) is 3.05. The van der Waals surface area contributed by atoms with Crippen molar-refractivity contribution in [3.05, 3.63) is 22.7 Å². The minimum atomic E-state index is -4.38. The second-order valence-corrected chi connectivity index (χ2v) is 6.99. The Balaban J connectivity index is 1.48. The number of hydrogen-bond donors (Lipinski definition) is 1. The Morgan fingerprint density at radius 1 is 1.17 bits per heavy atom. The third-order valence-corrected chi connectivity index (χ3v) is 5.23. The zero-order chi connectivity index (χ0) is 16.0. The highest BCUT2D eigenvalue weighted by Gasteiger charge is 2.35. The summed E-state index contributed by atoms with van der Waals surface area (Å²) in [7, 11) is 0. The molecule has 2 aliphatic rings. The van der Waals surface area contributed by atoms with Gasteiger partial charge < -0.3 is 4.90 Å². The summed E-state index contributed by atoms with van der Waals surface area (Å²) >= 11 is 1.05. The molecule has 2 aromatic rings. The first kappa shape index (κ1) is 14.9. The van der Waals surface area contributed by atoms with Gasteiger partial charge in [0.2, 0.25) is 0 Å². The summed E-state index contributed by atoms with van der Waals surface area (Å²) < 4.78 is 38.1. The van der Waals surface area contributed by atoms with Crippen LogP contribution >= 0.6 is 11.3 Å². The number of thiazole rings is 1. The molecular weight excluding hydrogens is 327 g/mol. The second-order valence-electron chi connectivity index (χ2n) is 6.15. The molecule has 3 heterocycles. The van der Waals surface area contributed by atoms with Crippen molar-refractivity contribution in [1.29, 1.82) is 0 Å². The fourth-order valence-electron chi connectivity index (χ4n) is 2.91. The average molecular weight is 343 g/mol. The first-order chi connectivity index (χ1) is 11.0. The number of piperidine rings is 1. The van der Waals surface area contributed by atoms with Gasteiger partial charge in [-0.2, -0.15) is 18.3 Å². The van der Waals surface area contributed by atoms with E-state index in [4.69, 9.17) is 0 Å². The maximum absolute atomic E-state index is 12.7. The Morgan fingerprint density at radius 3 is 2.70 bits per heavy atom. The third kappa shape index (κ3) is 3.06. The smallest absolute Gasteiger partial charge is 0.347 e. The van der Waals surface area contributed by atoms with E-state index in [1.54, 1.807) is 0 Å². The second kappa shape index (κ2) is 5.47. The van der Waals surface area contributed by atoms with Crippen molar-refractivity contribution in [2.24, 2.45) is 0 Å². The first-order valence-electron chi connectivity index (χ1n) is 7.70. The first-order valence-corrected chi connectivity index (χ1v) is 8.58. The Morgan fingerprint density at radius 2 is 2.00 bits per heavy atom. The van der Waals surface area contributed by atoms with Gasteiger partial charge in [-0.1, -0.05) is 0 Å². The minimum Gasteiger partial charge on any atom is -0.347 e. The largest absolute Gasteiger partial charge is 0.434 e. The van der Waals surface area contributed by atoms with Crippen molar-refractivity contribution >= 4 is 16.5 Å². The highest BCUT2D eigenvalue weighted by molar-refractivity contribution is 7.13. The molecule has 5 nitrogen and oxygen atoms in total. The molecule has 1 saturated heterocycles. The molecule has 1 saturated carbocycles. The van der Waals surface area contributed by atoms with Crippen molar-refractivity contribution in [2.45, 2.75) is 43.7 Å². The van der Waals surface area contributed by atoms with E-state index in [2.05, 4.69) is 20.2 Å². The number of aromatic amines is 1. The van der Waals surface area contributed by atoms with Gasteiger partial charge in [0.15, 0.2) is 16.6 Å². The zero-order valence-corrected chi connectivity index (χ0v) is 13.1. The van der Waals surface area contributed by atoms with E-state index in [-0.39, 0.29) is 5.92 Å². The molecule has 1 aliphatic carbocycles. The molecule has 4 rings (SSSR count). The number of rotatable bonds is 3. The van der Waals surface area contributed by atoms with E-state index in [1.807, 2.05) is 4.90 Å². The monoisotopic (exact) mass is 343 g/mol. The molecule has 1 N–H and O–H groups in total. The molecule has 0 bridgehead atoms. The van der Waals surface area contributed by atoms with Crippen LogP contribution in [0.5, 0.6) is 0 Å². The normalized spacial score (nSPS) is 22.6.